The van der Waals surface area contributed by atoms with Crippen molar-refractivity contribution in [2.24, 2.45) is 0 Å². The minimum absolute atomic E-state index is 0.0137. The number of morpholine rings is 1. The third kappa shape index (κ3) is 4.46. The molecule has 174 valence electrons. The average Bonchev–Trinajstić information content (AvgIpc) is 3.27. The normalized spacial score (nSPS) is 14.9. The Hall–Kier alpha value is -3.13. The zero-order chi connectivity index (χ0) is 23.7. The van der Waals surface area contributed by atoms with E-state index in [1.165, 1.54) is 0 Å². The van der Waals surface area contributed by atoms with E-state index in [4.69, 9.17) is 32.7 Å². The van der Waals surface area contributed by atoms with Gasteiger partial charge in [-0.25, -0.2) is 0 Å². The van der Waals surface area contributed by atoms with Gasteiger partial charge in [0.05, 0.1) is 28.8 Å². The number of rotatable bonds is 5. The summed E-state index contributed by atoms with van der Waals surface area (Å²) in [6.07, 6.45) is 2.72. The van der Waals surface area contributed by atoms with Gasteiger partial charge in [-0.15, -0.1) is 0 Å². The van der Waals surface area contributed by atoms with Gasteiger partial charge >= 0.3 is 0 Å². The van der Waals surface area contributed by atoms with Gasteiger partial charge in [-0.3, -0.25) is 14.9 Å². The molecular formula is C25H22Cl2N4O3. The Morgan fingerprint density at radius 1 is 1.09 bits per heavy atom. The van der Waals surface area contributed by atoms with Crippen LogP contribution in [0.1, 0.15) is 28.9 Å². The van der Waals surface area contributed by atoms with Crippen molar-refractivity contribution < 1.29 is 14.3 Å². The van der Waals surface area contributed by atoms with Crippen LogP contribution >= 0.6 is 23.2 Å². The van der Waals surface area contributed by atoms with Gasteiger partial charge < -0.3 is 14.4 Å². The molecule has 5 rings (SSSR count). The lowest BCUT2D eigenvalue weighted by atomic mass is 10.0. The summed E-state index contributed by atoms with van der Waals surface area (Å²) in [5, 5.41) is 9.37. The largest absolute Gasteiger partial charge is 0.486 e. The van der Waals surface area contributed by atoms with Gasteiger partial charge in [-0.05, 0) is 37.3 Å². The first-order valence-corrected chi connectivity index (χ1v) is 11.7. The smallest absolute Gasteiger partial charge is 0.254 e. The van der Waals surface area contributed by atoms with E-state index in [0.29, 0.717) is 53.2 Å². The highest BCUT2D eigenvalue weighted by Crippen LogP contribution is 2.34. The first kappa shape index (κ1) is 22.7. The molecule has 0 aliphatic carbocycles. The van der Waals surface area contributed by atoms with Gasteiger partial charge in [0.1, 0.15) is 17.5 Å². The van der Waals surface area contributed by atoms with Crippen LogP contribution in [-0.2, 0) is 4.74 Å². The number of ether oxygens (including phenoxy) is 2. The van der Waals surface area contributed by atoms with Crippen LogP contribution in [0.25, 0.3) is 22.2 Å². The number of carbonyl (C=O) groups excluding carboxylic acids is 1. The number of halogens is 2. The summed E-state index contributed by atoms with van der Waals surface area (Å²) in [5.74, 6) is 0.672. The predicted octanol–water partition coefficient (Wildman–Crippen LogP) is 5.54. The Kier molecular flexibility index (Phi) is 6.41. The highest BCUT2D eigenvalue weighted by Gasteiger charge is 2.20. The molecule has 1 fully saturated rings. The number of aromatic amines is 1. The number of amides is 1. The highest BCUT2D eigenvalue weighted by molar-refractivity contribution is 6.35. The van der Waals surface area contributed by atoms with Crippen LogP contribution in [0.4, 0.5) is 0 Å². The molecule has 1 atom stereocenters. The molecule has 1 unspecified atom stereocenters. The van der Waals surface area contributed by atoms with Gasteiger partial charge in [-0.1, -0.05) is 35.3 Å². The quantitative estimate of drug-likeness (QED) is 0.392. The van der Waals surface area contributed by atoms with Crippen LogP contribution in [0, 0.1) is 0 Å². The van der Waals surface area contributed by atoms with Gasteiger partial charge in [-0.2, -0.15) is 5.10 Å². The number of hydrogen-bond acceptors (Lipinski definition) is 5. The first-order chi connectivity index (χ1) is 16.5. The number of nitrogens with one attached hydrogen (secondary N) is 1. The zero-order valence-electron chi connectivity index (χ0n) is 18.4. The lowest BCUT2D eigenvalue weighted by Crippen LogP contribution is -2.40. The molecule has 1 aliphatic heterocycles. The van der Waals surface area contributed by atoms with Crippen molar-refractivity contribution >= 4 is 40.0 Å². The average molecular weight is 497 g/mol. The number of carbonyl (C=O) groups is 1. The topological polar surface area (TPSA) is 80.3 Å². The summed E-state index contributed by atoms with van der Waals surface area (Å²) < 4.78 is 11.5. The number of pyridine rings is 1. The van der Waals surface area contributed by atoms with Crippen LogP contribution in [0.15, 0.2) is 54.9 Å². The zero-order valence-corrected chi connectivity index (χ0v) is 19.9. The molecule has 2 aromatic carbocycles. The number of benzene rings is 2. The van der Waals surface area contributed by atoms with Crippen molar-refractivity contribution in [2.75, 3.05) is 26.3 Å². The van der Waals surface area contributed by atoms with E-state index in [1.807, 2.05) is 54.3 Å². The molecule has 4 aromatic rings. The molecular weight excluding hydrogens is 475 g/mol. The van der Waals surface area contributed by atoms with E-state index in [-0.39, 0.29) is 12.0 Å². The second-order valence-corrected chi connectivity index (χ2v) is 8.85. The van der Waals surface area contributed by atoms with Crippen molar-refractivity contribution in [3.8, 4) is 17.0 Å². The summed E-state index contributed by atoms with van der Waals surface area (Å²) in [6.45, 7) is 4.26. The fourth-order valence-corrected chi connectivity index (χ4v) is 4.75. The van der Waals surface area contributed by atoms with Crippen LogP contribution < -0.4 is 4.74 Å². The van der Waals surface area contributed by atoms with E-state index >= 15 is 0 Å². The molecule has 0 spiro atoms. The third-order valence-electron chi connectivity index (χ3n) is 5.85. The van der Waals surface area contributed by atoms with Crippen molar-refractivity contribution in [2.45, 2.75) is 13.0 Å². The van der Waals surface area contributed by atoms with E-state index < -0.39 is 0 Å². The number of hydrogen-bond donors (Lipinski definition) is 1. The van der Waals surface area contributed by atoms with E-state index in [9.17, 15) is 4.79 Å². The van der Waals surface area contributed by atoms with Crippen molar-refractivity contribution in [3.63, 3.8) is 0 Å². The molecule has 9 heteroatoms. The van der Waals surface area contributed by atoms with Gasteiger partial charge in [0.25, 0.3) is 5.91 Å². The molecule has 2 aromatic heterocycles. The lowest BCUT2D eigenvalue weighted by molar-refractivity contribution is 0.0303. The summed E-state index contributed by atoms with van der Waals surface area (Å²) in [5.41, 5.74) is 3.89. The second kappa shape index (κ2) is 9.62. The van der Waals surface area contributed by atoms with Gasteiger partial charge in [0.2, 0.25) is 0 Å². The Balaban J connectivity index is 1.39. The standard InChI is InChI=1S/C25H22Cl2N4O3/c1-15(23-20(26)13-28-14-21(23)27)34-18-6-7-22-19(12-18)24(30-29-22)16-2-4-17(5-3-16)25(32)31-8-10-33-11-9-31/h2-7,12-15H,8-11H2,1H3,(H,29,30). The lowest BCUT2D eigenvalue weighted by Gasteiger charge is -2.26. The maximum absolute atomic E-state index is 12.7. The van der Waals surface area contributed by atoms with Gasteiger partial charge in [0.15, 0.2) is 0 Å². The molecule has 1 saturated heterocycles. The number of nitrogens with zero attached hydrogens (tertiary/aromatic N) is 3. The van der Waals surface area contributed by atoms with E-state index in [0.717, 1.165) is 22.2 Å². The maximum atomic E-state index is 12.7. The summed E-state index contributed by atoms with van der Waals surface area (Å²) in [7, 11) is 0. The molecule has 1 N–H and O–H groups in total. The fourth-order valence-electron chi connectivity index (χ4n) is 4.08. The van der Waals surface area contributed by atoms with Gasteiger partial charge in [0, 0.05) is 47.6 Å². The maximum Gasteiger partial charge on any atom is 0.254 e. The fraction of sp³-hybridized carbons (Fsp3) is 0.240. The van der Waals surface area contributed by atoms with E-state index in [2.05, 4.69) is 15.2 Å². The summed E-state index contributed by atoms with van der Waals surface area (Å²) in [4.78, 5) is 18.5. The molecule has 0 saturated carbocycles. The SMILES string of the molecule is CC(Oc1ccc2[nH]nc(-c3ccc(C(=O)N4CCOCC4)cc3)c2c1)c1c(Cl)cncc1Cl. The summed E-state index contributed by atoms with van der Waals surface area (Å²) >= 11 is 12.6. The van der Waals surface area contributed by atoms with E-state index in [1.54, 1.807) is 12.4 Å². The second-order valence-electron chi connectivity index (χ2n) is 8.04. The summed E-state index contributed by atoms with van der Waals surface area (Å²) in [6, 6.07) is 13.2. The van der Waals surface area contributed by atoms with Crippen molar-refractivity contribution in [1.29, 1.82) is 0 Å². The Labute approximate surface area is 206 Å². The minimum atomic E-state index is -0.374. The molecule has 7 nitrogen and oxygen atoms in total. The third-order valence-corrected chi connectivity index (χ3v) is 6.45. The predicted molar refractivity (Wildman–Crippen MR) is 132 cm³/mol. The molecule has 0 bridgehead atoms. The molecule has 1 amide bonds. The number of aromatic nitrogens is 3. The highest BCUT2D eigenvalue weighted by atomic mass is 35.5. The first-order valence-electron chi connectivity index (χ1n) is 10.9. The number of H-pyrrole nitrogens is 1. The molecule has 34 heavy (non-hydrogen) atoms. The monoisotopic (exact) mass is 496 g/mol. The molecule has 3 heterocycles. The van der Waals surface area contributed by atoms with Crippen LogP contribution in [0.2, 0.25) is 10.0 Å². The van der Waals surface area contributed by atoms with Crippen molar-refractivity contribution in [1.82, 2.24) is 20.1 Å². The molecule has 0 radical (unpaired) electrons. The van der Waals surface area contributed by atoms with Crippen LogP contribution in [0.5, 0.6) is 5.75 Å². The Bertz CT molecular complexity index is 1310. The Morgan fingerprint density at radius 2 is 1.79 bits per heavy atom. The van der Waals surface area contributed by atoms with Crippen LogP contribution in [0.3, 0.4) is 0 Å². The number of fused-ring (bicyclic) bond motifs is 1. The van der Waals surface area contributed by atoms with Crippen molar-refractivity contribution in [3.05, 3.63) is 76.0 Å². The minimum Gasteiger partial charge on any atom is -0.486 e. The van der Waals surface area contributed by atoms with Crippen LogP contribution in [-0.4, -0.2) is 52.3 Å². The Morgan fingerprint density at radius 3 is 2.50 bits per heavy atom. The molecule has 1 aliphatic rings.